The smallest absolute Gasteiger partial charge is 0.510 e. The zero-order valence-electron chi connectivity index (χ0n) is 26.0. The zero-order chi connectivity index (χ0) is 35.6. The molecule has 2 aromatic carbocycles. The predicted molar refractivity (Wildman–Crippen MR) is 164 cm³/mol. The monoisotopic (exact) mass is 675 g/mol. The van der Waals surface area contributed by atoms with Crippen LogP contribution < -0.4 is 26.0 Å². The van der Waals surface area contributed by atoms with Crippen LogP contribution in [0.3, 0.4) is 0 Å². The number of carbonyl (C=O) groups excluding carboxylic acids is 4. The summed E-state index contributed by atoms with van der Waals surface area (Å²) in [6, 6.07) is 3.55. The van der Waals surface area contributed by atoms with Crippen molar-refractivity contribution in [3.8, 4) is 11.5 Å². The molecule has 0 aliphatic heterocycles. The Balaban J connectivity index is 1.54. The van der Waals surface area contributed by atoms with Gasteiger partial charge in [-0.25, -0.2) is 4.79 Å². The van der Waals surface area contributed by atoms with E-state index in [9.17, 15) is 52.8 Å². The largest absolute Gasteiger partial charge is 0.573 e. The third kappa shape index (κ3) is 5.53. The van der Waals surface area contributed by atoms with Gasteiger partial charge in [-0.15, -0.1) is 13.2 Å². The number of aliphatic hydroxyl groups is 3. The average Bonchev–Trinajstić information content (AvgIpc) is 2.96. The van der Waals surface area contributed by atoms with E-state index in [1.54, 1.807) is 19.0 Å². The number of primary amides is 1. The second-order valence-corrected chi connectivity index (χ2v) is 12.2. The number of hydrogen-bond acceptors (Lipinski definition) is 11. The summed E-state index contributed by atoms with van der Waals surface area (Å²) < 4.78 is 41.2. The molecule has 3 aliphatic carbocycles. The number of aliphatic hydroxyl groups excluding tert-OH is 2. The molecule has 0 bridgehead atoms. The van der Waals surface area contributed by atoms with Crippen molar-refractivity contribution in [2.75, 3.05) is 43.7 Å². The highest BCUT2D eigenvalue weighted by molar-refractivity contribution is 6.25. The molecule has 0 fully saturated rings. The Morgan fingerprint density at radius 1 is 1.04 bits per heavy atom. The van der Waals surface area contributed by atoms with Crippen LogP contribution in [0, 0.1) is 11.8 Å². The number of rotatable bonds is 6. The average molecular weight is 676 g/mol. The van der Waals surface area contributed by atoms with Gasteiger partial charge in [-0.05, 0) is 68.8 Å². The molecule has 0 radical (unpaired) electrons. The number of nitrogens with zero attached hydrogens (tertiary/aromatic N) is 2. The number of carbonyl (C=O) groups is 4. The Kier molecular flexibility index (Phi) is 8.33. The highest BCUT2D eigenvalue weighted by Gasteiger charge is 2.63. The van der Waals surface area contributed by atoms with Gasteiger partial charge < -0.3 is 46.4 Å². The number of phenols is 1. The third-order valence-corrected chi connectivity index (χ3v) is 8.77. The molecular weight excluding hydrogens is 643 g/mol. The lowest BCUT2D eigenvalue weighted by atomic mass is 9.58. The molecular formula is C31H32F3N5O9. The first kappa shape index (κ1) is 34.1. The Hall–Kier alpha value is -5.29. The summed E-state index contributed by atoms with van der Waals surface area (Å²) >= 11 is 0. The lowest BCUT2D eigenvalue weighted by Gasteiger charge is -2.50. The van der Waals surface area contributed by atoms with Crippen molar-refractivity contribution in [3.05, 3.63) is 64.1 Å². The number of amides is 3. The SMILES string of the molecule is CN(C)c1cc(NC(=O)Nc2ccc(OC(F)(F)F)cc2)c(O)c2c1CC1CC3C(N(C)C)C(O)=C(C(N)=O)C(=O)C3(O)C(O)=C1C2=O. The Bertz CT molecular complexity index is 1800. The number of nitrogens with two attached hydrogens (primary N) is 1. The molecule has 4 atom stereocenters. The molecule has 0 saturated heterocycles. The fraction of sp³-hybridized carbons (Fsp3) is 0.355. The third-order valence-electron chi connectivity index (χ3n) is 8.77. The lowest BCUT2D eigenvalue weighted by Crippen LogP contribution is -2.63. The first-order valence-corrected chi connectivity index (χ1v) is 14.4. The number of benzene rings is 2. The lowest BCUT2D eigenvalue weighted by molar-refractivity contribution is -0.274. The number of aromatic hydroxyl groups is 1. The highest BCUT2D eigenvalue weighted by Crippen LogP contribution is 2.54. The minimum Gasteiger partial charge on any atom is -0.510 e. The fourth-order valence-corrected chi connectivity index (χ4v) is 6.82. The summed E-state index contributed by atoms with van der Waals surface area (Å²) in [5, 5.41) is 50.3. The number of Topliss-reactive ketones (excluding diaryl/α,β-unsaturated/α-hetero) is 2. The van der Waals surface area contributed by atoms with Gasteiger partial charge in [-0.1, -0.05) is 0 Å². The molecule has 256 valence electrons. The number of fused-ring (bicyclic) bond motifs is 3. The van der Waals surface area contributed by atoms with Crippen LogP contribution in [-0.2, 0) is 16.0 Å². The first-order chi connectivity index (χ1) is 22.3. The summed E-state index contributed by atoms with van der Waals surface area (Å²) in [5.74, 6) is -8.61. The van der Waals surface area contributed by atoms with Gasteiger partial charge in [0.1, 0.15) is 22.8 Å². The number of halogens is 3. The summed E-state index contributed by atoms with van der Waals surface area (Å²) in [6.07, 6.45) is -4.99. The fourth-order valence-electron chi connectivity index (χ4n) is 6.82. The van der Waals surface area contributed by atoms with Gasteiger partial charge in [-0.3, -0.25) is 19.3 Å². The number of allylic oxidation sites excluding steroid dienone is 1. The van der Waals surface area contributed by atoms with Gasteiger partial charge in [-0.2, -0.15) is 0 Å². The number of urea groups is 1. The molecule has 0 aromatic heterocycles. The molecule has 2 aromatic rings. The number of anilines is 3. The number of alkyl halides is 3. The van der Waals surface area contributed by atoms with Crippen molar-refractivity contribution in [3.63, 3.8) is 0 Å². The molecule has 0 saturated carbocycles. The van der Waals surface area contributed by atoms with Crippen molar-refractivity contribution >= 4 is 40.6 Å². The number of nitrogens with one attached hydrogen (secondary N) is 2. The van der Waals surface area contributed by atoms with Crippen molar-refractivity contribution in [1.82, 2.24) is 4.90 Å². The van der Waals surface area contributed by atoms with Gasteiger partial charge >= 0.3 is 12.4 Å². The van der Waals surface area contributed by atoms with Crippen molar-refractivity contribution < 1.29 is 57.5 Å². The summed E-state index contributed by atoms with van der Waals surface area (Å²) in [5.41, 5.74) is 1.45. The quantitative estimate of drug-likeness (QED) is 0.175. The van der Waals surface area contributed by atoms with Crippen LogP contribution in [0.15, 0.2) is 53.0 Å². The van der Waals surface area contributed by atoms with Crippen molar-refractivity contribution in [1.29, 1.82) is 0 Å². The van der Waals surface area contributed by atoms with Crippen LogP contribution in [-0.4, -0.2) is 95.0 Å². The van der Waals surface area contributed by atoms with E-state index in [-0.39, 0.29) is 35.4 Å². The zero-order valence-corrected chi connectivity index (χ0v) is 26.0. The van der Waals surface area contributed by atoms with Crippen LogP contribution in [0.1, 0.15) is 22.3 Å². The molecule has 3 amide bonds. The van der Waals surface area contributed by atoms with E-state index in [1.165, 1.54) is 25.1 Å². The summed E-state index contributed by atoms with van der Waals surface area (Å²) in [4.78, 5) is 55.7. The number of ketones is 2. The van der Waals surface area contributed by atoms with E-state index in [0.29, 0.717) is 11.3 Å². The predicted octanol–water partition coefficient (Wildman–Crippen LogP) is 2.73. The Labute approximate surface area is 270 Å². The maximum Gasteiger partial charge on any atom is 0.573 e. The second kappa shape index (κ2) is 11.7. The first-order valence-electron chi connectivity index (χ1n) is 14.4. The van der Waals surface area contributed by atoms with E-state index in [4.69, 9.17) is 5.73 Å². The van der Waals surface area contributed by atoms with Gasteiger partial charge in [0.2, 0.25) is 5.78 Å². The maximum absolute atomic E-state index is 14.1. The molecule has 48 heavy (non-hydrogen) atoms. The molecule has 0 spiro atoms. The van der Waals surface area contributed by atoms with Crippen LogP contribution >= 0.6 is 0 Å². The van der Waals surface area contributed by atoms with Crippen LogP contribution in [0.4, 0.5) is 35.0 Å². The van der Waals surface area contributed by atoms with Crippen LogP contribution in [0.2, 0.25) is 0 Å². The van der Waals surface area contributed by atoms with Crippen LogP contribution in [0.25, 0.3) is 0 Å². The molecule has 5 rings (SSSR count). The van der Waals surface area contributed by atoms with E-state index in [2.05, 4.69) is 15.4 Å². The molecule has 17 heteroatoms. The topological polar surface area (TPSA) is 215 Å². The van der Waals surface area contributed by atoms with Gasteiger partial charge in [0.25, 0.3) is 5.91 Å². The molecule has 4 unspecified atom stereocenters. The normalized spacial score (nSPS) is 23.7. The van der Waals surface area contributed by atoms with E-state index in [0.717, 1.165) is 24.3 Å². The summed E-state index contributed by atoms with van der Waals surface area (Å²) in [6.45, 7) is 0. The second-order valence-electron chi connectivity index (χ2n) is 12.2. The van der Waals surface area contributed by atoms with E-state index in [1.807, 2.05) is 0 Å². The highest BCUT2D eigenvalue weighted by atomic mass is 19.4. The number of phenolic OH excluding ortho intramolecular Hbond substituents is 1. The van der Waals surface area contributed by atoms with Crippen LogP contribution in [0.5, 0.6) is 11.5 Å². The minimum absolute atomic E-state index is 0.0223. The number of likely N-dealkylation sites (N-methyl/N-ethyl adjacent to an activating group) is 1. The van der Waals surface area contributed by atoms with E-state index >= 15 is 0 Å². The Morgan fingerprint density at radius 3 is 2.21 bits per heavy atom. The summed E-state index contributed by atoms with van der Waals surface area (Å²) in [7, 11) is 6.34. The van der Waals surface area contributed by atoms with E-state index < -0.39 is 81.9 Å². The van der Waals surface area contributed by atoms with Crippen molar-refractivity contribution in [2.45, 2.75) is 30.8 Å². The Morgan fingerprint density at radius 2 is 1.67 bits per heavy atom. The molecule has 3 aliphatic rings. The standard InChI is InChI=1S/C31H32F3N5O9/c1-38(2)18-11-17(37-29(46)36-13-5-7-14(8-6-13)48-31(32,33)34)23(40)20-15(18)9-12-10-16-22(39(3)4)25(42)21(28(35)45)27(44)30(16,47)26(43)19(12)24(20)41/h5-8,11-12,16,22,40,42-43,47H,9-10H2,1-4H3,(H2,35,45)(H2,36,37,46). The molecule has 0 heterocycles. The minimum atomic E-state index is -4.91. The van der Waals surface area contributed by atoms with Crippen molar-refractivity contribution in [2.24, 2.45) is 17.6 Å². The molecule has 8 N–H and O–H groups in total. The maximum atomic E-state index is 14.1. The molecule has 14 nitrogen and oxygen atoms in total. The number of hydrogen-bond donors (Lipinski definition) is 7. The van der Waals surface area contributed by atoms with Gasteiger partial charge in [0, 0.05) is 37.0 Å². The van der Waals surface area contributed by atoms with Gasteiger partial charge in [0.15, 0.2) is 17.1 Å². The van der Waals surface area contributed by atoms with Gasteiger partial charge in [0.05, 0.1) is 17.3 Å². The number of ether oxygens (including phenoxy) is 1.